The Bertz CT molecular complexity index is 1150. The summed E-state index contributed by atoms with van der Waals surface area (Å²) < 4.78 is 27.6. The number of hydrogen-bond acceptors (Lipinski definition) is 5. The van der Waals surface area contributed by atoms with Crippen LogP contribution >= 0.6 is 0 Å². The number of aliphatic hydroxyl groups excluding tert-OH is 1. The molecule has 0 spiro atoms. The van der Waals surface area contributed by atoms with Crippen LogP contribution in [0.4, 0.5) is 0 Å². The molecule has 1 fully saturated rings. The Labute approximate surface area is 167 Å². The fourth-order valence-corrected chi connectivity index (χ4v) is 5.44. The molecule has 3 aromatic rings. The highest BCUT2D eigenvalue weighted by Crippen LogP contribution is 2.37. The first-order chi connectivity index (χ1) is 13.8. The molecule has 0 radical (unpaired) electrons. The van der Waals surface area contributed by atoms with Gasteiger partial charge >= 0.3 is 5.97 Å². The van der Waals surface area contributed by atoms with Crippen LogP contribution in [0.3, 0.4) is 0 Å². The van der Waals surface area contributed by atoms with Crippen molar-refractivity contribution < 1.29 is 23.4 Å². The first kappa shape index (κ1) is 19.6. The molecule has 8 nitrogen and oxygen atoms in total. The Hall–Kier alpha value is -2.75. The lowest BCUT2D eigenvalue weighted by Crippen LogP contribution is -2.58. The highest BCUT2D eigenvalue weighted by molar-refractivity contribution is 7.89. The van der Waals surface area contributed by atoms with E-state index in [0.29, 0.717) is 11.0 Å². The number of sulfonamides is 1. The quantitative estimate of drug-likeness (QED) is 0.582. The smallest absolute Gasteiger partial charge is 0.313 e. The van der Waals surface area contributed by atoms with Gasteiger partial charge in [0.2, 0.25) is 10.0 Å². The molecule has 2 atom stereocenters. The van der Waals surface area contributed by atoms with Crippen molar-refractivity contribution >= 4 is 27.0 Å². The molecule has 0 aliphatic carbocycles. The number of fused-ring (bicyclic) bond motifs is 1. The van der Waals surface area contributed by atoms with Crippen molar-refractivity contribution in [2.75, 3.05) is 13.1 Å². The number of aromatic nitrogens is 2. The average Bonchev–Trinajstić information content (AvgIpc) is 3.18. The van der Waals surface area contributed by atoms with E-state index in [1.807, 2.05) is 6.07 Å². The Kier molecular flexibility index (Phi) is 4.89. The molecule has 0 unspecified atom stereocenters. The number of imidazole rings is 1. The maximum absolute atomic E-state index is 13.2. The summed E-state index contributed by atoms with van der Waals surface area (Å²) in [6, 6.07) is 13.5. The zero-order valence-electron chi connectivity index (χ0n) is 15.5. The van der Waals surface area contributed by atoms with E-state index < -0.39 is 27.5 Å². The molecule has 0 bridgehead atoms. The highest BCUT2D eigenvalue weighted by atomic mass is 32.2. The minimum absolute atomic E-state index is 0.0376. The Morgan fingerprint density at radius 1 is 1.24 bits per heavy atom. The Balaban J connectivity index is 1.70. The number of H-pyrrole nitrogens is 1. The molecule has 1 aliphatic rings. The van der Waals surface area contributed by atoms with E-state index in [0.717, 1.165) is 9.87 Å². The van der Waals surface area contributed by atoms with Crippen LogP contribution in [0.25, 0.3) is 11.0 Å². The Morgan fingerprint density at radius 2 is 2.00 bits per heavy atom. The van der Waals surface area contributed by atoms with Crippen molar-refractivity contribution in [1.82, 2.24) is 14.3 Å². The Morgan fingerprint density at radius 3 is 2.72 bits per heavy atom. The molecule has 1 saturated heterocycles. The number of piperidine rings is 1. The number of aromatic amines is 1. The number of nitrogens with zero attached hydrogens (tertiary/aromatic N) is 2. The number of carbonyl (C=O) groups is 1. The van der Waals surface area contributed by atoms with Gasteiger partial charge in [-0.15, -0.1) is 0 Å². The molecule has 3 N–H and O–H groups in total. The van der Waals surface area contributed by atoms with Crippen LogP contribution < -0.4 is 0 Å². The predicted molar refractivity (Wildman–Crippen MR) is 106 cm³/mol. The molecule has 2 heterocycles. The largest absolute Gasteiger partial charge is 0.481 e. The molecule has 1 aromatic heterocycles. The lowest BCUT2D eigenvalue weighted by Gasteiger charge is -2.42. The summed E-state index contributed by atoms with van der Waals surface area (Å²) in [6.45, 7) is -0.254. The fraction of sp³-hybridized carbons (Fsp3) is 0.300. The van der Waals surface area contributed by atoms with Crippen molar-refractivity contribution in [2.45, 2.75) is 23.8 Å². The summed E-state index contributed by atoms with van der Waals surface area (Å²) in [5.74, 6) is -1.21. The van der Waals surface area contributed by atoms with Gasteiger partial charge < -0.3 is 15.2 Å². The van der Waals surface area contributed by atoms with Crippen LogP contribution in [0.2, 0.25) is 0 Å². The third-order valence-electron chi connectivity index (χ3n) is 5.57. The minimum atomic E-state index is -3.94. The number of carboxylic acids is 1. The number of rotatable bonds is 5. The van der Waals surface area contributed by atoms with Crippen molar-refractivity contribution in [3.63, 3.8) is 0 Å². The van der Waals surface area contributed by atoms with Crippen molar-refractivity contribution in [2.24, 2.45) is 5.41 Å². The average molecular weight is 415 g/mol. The maximum atomic E-state index is 13.2. The van der Waals surface area contributed by atoms with Crippen molar-refractivity contribution in [3.8, 4) is 0 Å². The van der Waals surface area contributed by atoms with E-state index in [9.17, 15) is 23.4 Å². The van der Waals surface area contributed by atoms with Crippen LogP contribution in [-0.4, -0.2) is 58.1 Å². The summed E-state index contributed by atoms with van der Waals surface area (Å²) in [5, 5.41) is 20.6. The molecule has 0 amide bonds. The van der Waals surface area contributed by atoms with Gasteiger partial charge in [0.1, 0.15) is 5.41 Å². The van der Waals surface area contributed by atoms with Crippen molar-refractivity contribution in [3.05, 3.63) is 60.4 Å². The summed E-state index contributed by atoms with van der Waals surface area (Å²) in [6.07, 6.45) is 0.413. The number of aliphatic carboxylic acids is 1. The first-order valence-electron chi connectivity index (χ1n) is 9.22. The van der Waals surface area contributed by atoms with Gasteiger partial charge in [-0.25, -0.2) is 13.4 Å². The van der Waals surface area contributed by atoms with Gasteiger partial charge in [0.15, 0.2) is 0 Å². The van der Waals surface area contributed by atoms with Gasteiger partial charge in [0.05, 0.1) is 28.4 Å². The van der Waals surface area contributed by atoms with E-state index in [1.165, 1.54) is 18.5 Å². The molecular weight excluding hydrogens is 394 g/mol. The third kappa shape index (κ3) is 3.41. The van der Waals surface area contributed by atoms with E-state index in [1.54, 1.807) is 30.3 Å². The second kappa shape index (κ2) is 7.25. The topological polar surface area (TPSA) is 124 Å². The monoisotopic (exact) mass is 415 g/mol. The van der Waals surface area contributed by atoms with E-state index in [2.05, 4.69) is 9.97 Å². The van der Waals surface area contributed by atoms with E-state index in [-0.39, 0.29) is 30.8 Å². The summed E-state index contributed by atoms with van der Waals surface area (Å²) in [7, 11) is -3.94. The SMILES string of the molecule is O=C(O)[C@@]1(Cc2ccccc2)CN(S(=O)(=O)c2ccc3nc[nH]c3c2)CC[C@@H]1O. The number of aliphatic hydroxyl groups is 1. The maximum Gasteiger partial charge on any atom is 0.313 e. The summed E-state index contributed by atoms with van der Waals surface area (Å²) >= 11 is 0. The molecular formula is C20H21N3O5S. The molecule has 2 aromatic carbocycles. The standard InChI is InChI=1S/C20H21N3O5S/c24-18-8-9-23(12-20(18,19(25)26)11-14-4-2-1-3-5-14)29(27,28)15-6-7-16-17(10-15)22-13-21-16/h1-7,10,13,18,24H,8-9,11-12H2,(H,21,22)(H,25,26)/t18-,20-/m0/s1. The van der Waals surface area contributed by atoms with Gasteiger partial charge in [0, 0.05) is 13.1 Å². The van der Waals surface area contributed by atoms with Gasteiger partial charge in [-0.3, -0.25) is 4.79 Å². The minimum Gasteiger partial charge on any atom is -0.481 e. The van der Waals surface area contributed by atoms with Crippen molar-refractivity contribution in [1.29, 1.82) is 0 Å². The number of benzene rings is 2. The van der Waals surface area contributed by atoms with Gasteiger partial charge in [-0.05, 0) is 36.6 Å². The number of hydrogen-bond donors (Lipinski definition) is 3. The molecule has 9 heteroatoms. The van der Waals surface area contributed by atoms with Gasteiger partial charge in [0.25, 0.3) is 0 Å². The molecule has 29 heavy (non-hydrogen) atoms. The van der Waals surface area contributed by atoms with Crippen LogP contribution in [0.1, 0.15) is 12.0 Å². The number of carboxylic acid groups (broad SMARTS) is 1. The van der Waals surface area contributed by atoms with Crippen LogP contribution in [0.5, 0.6) is 0 Å². The normalized spacial score (nSPS) is 23.3. The highest BCUT2D eigenvalue weighted by Gasteiger charge is 2.51. The number of nitrogens with one attached hydrogen (secondary N) is 1. The van der Waals surface area contributed by atoms with E-state index in [4.69, 9.17) is 0 Å². The van der Waals surface area contributed by atoms with Crippen LogP contribution in [-0.2, 0) is 21.2 Å². The zero-order valence-corrected chi connectivity index (χ0v) is 16.3. The lowest BCUT2D eigenvalue weighted by atomic mass is 9.73. The second-order valence-corrected chi connectivity index (χ2v) is 9.29. The summed E-state index contributed by atoms with van der Waals surface area (Å²) in [5.41, 5.74) is 0.330. The van der Waals surface area contributed by atoms with Crippen LogP contribution in [0.15, 0.2) is 59.8 Å². The predicted octanol–water partition coefficient (Wildman–Crippen LogP) is 1.63. The van der Waals surface area contributed by atoms with E-state index >= 15 is 0 Å². The summed E-state index contributed by atoms with van der Waals surface area (Å²) in [4.78, 5) is 19.3. The first-order valence-corrected chi connectivity index (χ1v) is 10.7. The molecule has 152 valence electrons. The zero-order chi connectivity index (χ0) is 20.6. The fourth-order valence-electron chi connectivity index (χ4n) is 3.89. The van der Waals surface area contributed by atoms with Gasteiger partial charge in [-0.2, -0.15) is 4.31 Å². The molecule has 0 saturated carbocycles. The van der Waals surface area contributed by atoms with Gasteiger partial charge in [-0.1, -0.05) is 30.3 Å². The van der Waals surface area contributed by atoms with Crippen LogP contribution in [0, 0.1) is 5.41 Å². The second-order valence-electron chi connectivity index (χ2n) is 7.35. The molecule has 1 aliphatic heterocycles. The lowest BCUT2D eigenvalue weighted by molar-refractivity contribution is -0.160. The third-order valence-corrected chi connectivity index (χ3v) is 7.41. The molecule has 4 rings (SSSR count).